The third kappa shape index (κ3) is 2.95. The first kappa shape index (κ1) is 14.1. The molecule has 0 saturated carbocycles. The van der Waals surface area contributed by atoms with Crippen molar-refractivity contribution >= 4 is 27.6 Å². The first-order chi connectivity index (χ1) is 10.1. The van der Waals surface area contributed by atoms with Crippen molar-refractivity contribution in [1.29, 1.82) is 0 Å². The molecule has 0 saturated heterocycles. The van der Waals surface area contributed by atoms with Crippen LogP contribution in [0, 0.1) is 0 Å². The molecule has 108 valence electrons. The second-order valence-electron chi connectivity index (χ2n) is 5.27. The monoisotopic (exact) mass is 345 g/mol. The number of aryl methyl sites for hydroxylation is 1. The van der Waals surface area contributed by atoms with Crippen molar-refractivity contribution in [2.45, 2.75) is 19.4 Å². The van der Waals surface area contributed by atoms with E-state index in [9.17, 15) is 4.79 Å². The highest BCUT2D eigenvalue weighted by Gasteiger charge is 2.19. The second kappa shape index (κ2) is 5.90. The summed E-state index contributed by atoms with van der Waals surface area (Å²) in [6, 6.07) is 13.7. The molecule has 0 aromatic heterocycles. The molecule has 1 aliphatic rings. The van der Waals surface area contributed by atoms with Crippen molar-refractivity contribution in [1.82, 2.24) is 0 Å². The molecule has 1 N–H and O–H groups in total. The normalized spacial score (nSPS) is 13.9. The molecule has 0 amide bonds. The van der Waals surface area contributed by atoms with E-state index in [1.54, 1.807) is 6.07 Å². The van der Waals surface area contributed by atoms with Crippen LogP contribution >= 0.6 is 15.9 Å². The number of carboxylic acid groups (broad SMARTS) is 1. The number of hydrogen-bond acceptors (Lipinski definition) is 2. The molecule has 1 heterocycles. The highest BCUT2D eigenvalue weighted by molar-refractivity contribution is 9.10. The molecular formula is C17H16BrNO2. The van der Waals surface area contributed by atoms with E-state index in [4.69, 9.17) is 5.11 Å². The number of fused-ring (bicyclic) bond motifs is 1. The zero-order valence-electron chi connectivity index (χ0n) is 11.6. The highest BCUT2D eigenvalue weighted by Crippen LogP contribution is 2.30. The summed E-state index contributed by atoms with van der Waals surface area (Å²) in [6.07, 6.45) is 2.00. The number of anilines is 1. The molecule has 0 spiro atoms. The summed E-state index contributed by atoms with van der Waals surface area (Å²) in [7, 11) is 0. The van der Waals surface area contributed by atoms with E-state index in [-0.39, 0.29) is 0 Å². The third-order valence-corrected chi connectivity index (χ3v) is 4.63. The van der Waals surface area contributed by atoms with Gasteiger partial charge in [0.2, 0.25) is 0 Å². The molecule has 3 rings (SSSR count). The van der Waals surface area contributed by atoms with Crippen LogP contribution in [0.3, 0.4) is 0 Å². The summed E-state index contributed by atoms with van der Waals surface area (Å²) >= 11 is 3.59. The van der Waals surface area contributed by atoms with Gasteiger partial charge in [-0.2, -0.15) is 0 Å². The van der Waals surface area contributed by atoms with Crippen LogP contribution in [0.2, 0.25) is 0 Å². The van der Waals surface area contributed by atoms with Crippen molar-refractivity contribution in [3.05, 3.63) is 63.6 Å². The van der Waals surface area contributed by atoms with Crippen LogP contribution in [0.25, 0.3) is 0 Å². The van der Waals surface area contributed by atoms with Crippen LogP contribution < -0.4 is 4.90 Å². The van der Waals surface area contributed by atoms with E-state index in [1.807, 2.05) is 30.3 Å². The number of carboxylic acids is 1. The van der Waals surface area contributed by atoms with Gasteiger partial charge < -0.3 is 10.0 Å². The van der Waals surface area contributed by atoms with Crippen LogP contribution in [0.5, 0.6) is 0 Å². The summed E-state index contributed by atoms with van der Waals surface area (Å²) in [5, 5.41) is 9.10. The van der Waals surface area contributed by atoms with E-state index in [0.717, 1.165) is 41.7 Å². The zero-order chi connectivity index (χ0) is 14.8. The van der Waals surface area contributed by atoms with Gasteiger partial charge in [-0.1, -0.05) is 34.1 Å². The van der Waals surface area contributed by atoms with Crippen LogP contribution in [0.4, 0.5) is 5.69 Å². The Labute approximate surface area is 132 Å². The molecule has 0 fully saturated rings. The largest absolute Gasteiger partial charge is 0.478 e. The van der Waals surface area contributed by atoms with Crippen LogP contribution in [0.15, 0.2) is 46.9 Å². The molecule has 0 radical (unpaired) electrons. The number of rotatable bonds is 3. The zero-order valence-corrected chi connectivity index (χ0v) is 13.1. The molecule has 0 atom stereocenters. The number of benzene rings is 2. The molecule has 2 aromatic carbocycles. The number of halogens is 1. The number of hydrogen-bond donors (Lipinski definition) is 1. The average Bonchev–Trinajstić information content (AvgIpc) is 2.49. The summed E-state index contributed by atoms with van der Waals surface area (Å²) < 4.78 is 1.11. The standard InChI is InChI=1S/C17H16BrNO2/c18-15-6-2-1-4-14(15)11-19-9-3-5-12-10-13(17(20)21)7-8-16(12)19/h1-2,4,6-8,10H,3,5,9,11H2,(H,20,21). The Kier molecular flexibility index (Phi) is 3.97. The van der Waals surface area contributed by atoms with E-state index in [1.165, 1.54) is 5.56 Å². The van der Waals surface area contributed by atoms with E-state index in [0.29, 0.717) is 5.56 Å². The lowest BCUT2D eigenvalue weighted by Crippen LogP contribution is -2.29. The Bertz CT molecular complexity index is 684. The lowest BCUT2D eigenvalue weighted by Gasteiger charge is -2.32. The summed E-state index contributed by atoms with van der Waals surface area (Å²) in [6.45, 7) is 1.83. The maximum atomic E-state index is 11.1. The lowest BCUT2D eigenvalue weighted by molar-refractivity contribution is 0.0697. The Balaban J connectivity index is 1.90. The van der Waals surface area contributed by atoms with Gasteiger partial charge in [0.1, 0.15) is 0 Å². The highest BCUT2D eigenvalue weighted by atomic mass is 79.9. The van der Waals surface area contributed by atoms with Crippen LogP contribution in [-0.4, -0.2) is 17.6 Å². The minimum Gasteiger partial charge on any atom is -0.478 e. The van der Waals surface area contributed by atoms with Crippen molar-refractivity contribution in [2.24, 2.45) is 0 Å². The van der Waals surface area contributed by atoms with Gasteiger partial charge in [-0.15, -0.1) is 0 Å². The fourth-order valence-electron chi connectivity index (χ4n) is 2.80. The Hall–Kier alpha value is -1.81. The molecule has 3 nitrogen and oxygen atoms in total. The fourth-order valence-corrected chi connectivity index (χ4v) is 3.21. The average molecular weight is 346 g/mol. The summed E-state index contributed by atoms with van der Waals surface area (Å²) in [5.74, 6) is -0.860. The number of aromatic carboxylic acids is 1. The molecule has 4 heteroatoms. The van der Waals surface area contributed by atoms with E-state index in [2.05, 4.69) is 26.9 Å². The van der Waals surface area contributed by atoms with Gasteiger partial charge in [-0.25, -0.2) is 4.79 Å². The molecular weight excluding hydrogens is 330 g/mol. The molecule has 2 aromatic rings. The van der Waals surface area contributed by atoms with Crippen LogP contribution in [-0.2, 0) is 13.0 Å². The molecule has 0 aliphatic carbocycles. The Morgan fingerprint density at radius 1 is 1.24 bits per heavy atom. The maximum Gasteiger partial charge on any atom is 0.335 e. The van der Waals surface area contributed by atoms with Crippen molar-refractivity contribution in [3.63, 3.8) is 0 Å². The molecule has 1 aliphatic heterocycles. The minimum atomic E-state index is -0.860. The topological polar surface area (TPSA) is 40.5 Å². The van der Waals surface area contributed by atoms with Crippen molar-refractivity contribution in [3.8, 4) is 0 Å². The fraction of sp³-hybridized carbons (Fsp3) is 0.235. The minimum absolute atomic E-state index is 0.372. The summed E-state index contributed by atoms with van der Waals surface area (Å²) in [4.78, 5) is 13.4. The third-order valence-electron chi connectivity index (χ3n) is 3.86. The van der Waals surface area contributed by atoms with Gasteiger partial charge in [0.15, 0.2) is 0 Å². The van der Waals surface area contributed by atoms with Gasteiger partial charge in [0, 0.05) is 23.2 Å². The Morgan fingerprint density at radius 3 is 2.81 bits per heavy atom. The smallest absolute Gasteiger partial charge is 0.335 e. The SMILES string of the molecule is O=C(O)c1ccc2c(c1)CCCN2Cc1ccccc1Br. The van der Waals surface area contributed by atoms with Gasteiger partial charge >= 0.3 is 5.97 Å². The predicted molar refractivity (Wildman–Crippen MR) is 86.9 cm³/mol. The Morgan fingerprint density at radius 2 is 2.05 bits per heavy atom. The second-order valence-corrected chi connectivity index (χ2v) is 6.12. The quantitative estimate of drug-likeness (QED) is 0.910. The van der Waals surface area contributed by atoms with Crippen LogP contribution in [0.1, 0.15) is 27.9 Å². The summed E-state index contributed by atoms with van der Waals surface area (Å²) in [5.41, 5.74) is 3.90. The number of nitrogens with zero attached hydrogens (tertiary/aromatic N) is 1. The van der Waals surface area contributed by atoms with Crippen molar-refractivity contribution in [2.75, 3.05) is 11.4 Å². The van der Waals surface area contributed by atoms with Crippen molar-refractivity contribution < 1.29 is 9.90 Å². The van der Waals surface area contributed by atoms with E-state index < -0.39 is 5.97 Å². The van der Waals surface area contributed by atoms with Gasteiger partial charge in [0.05, 0.1) is 5.56 Å². The molecule has 0 unspecified atom stereocenters. The maximum absolute atomic E-state index is 11.1. The molecule has 21 heavy (non-hydrogen) atoms. The number of carbonyl (C=O) groups is 1. The van der Waals surface area contributed by atoms with E-state index >= 15 is 0 Å². The van der Waals surface area contributed by atoms with Gasteiger partial charge in [0.25, 0.3) is 0 Å². The predicted octanol–water partition coefficient (Wildman–Crippen LogP) is 4.10. The van der Waals surface area contributed by atoms with Gasteiger partial charge in [-0.3, -0.25) is 0 Å². The van der Waals surface area contributed by atoms with Gasteiger partial charge in [-0.05, 0) is 48.2 Å². The lowest BCUT2D eigenvalue weighted by atomic mass is 9.98. The molecule has 0 bridgehead atoms. The first-order valence-corrected chi connectivity index (χ1v) is 7.79. The first-order valence-electron chi connectivity index (χ1n) is 7.00.